The zero-order valence-corrected chi connectivity index (χ0v) is 11.7. The molecular weight excluding hydrogens is 297 g/mol. The van der Waals surface area contributed by atoms with Crippen molar-refractivity contribution in [3.05, 3.63) is 12.4 Å². The van der Waals surface area contributed by atoms with Crippen LogP contribution in [0.1, 0.15) is 19.6 Å². The van der Waals surface area contributed by atoms with Crippen LogP contribution in [0, 0.1) is 6.08 Å². The summed E-state index contributed by atoms with van der Waals surface area (Å²) in [5.41, 5.74) is 4.46. The molecule has 2 aromatic heterocycles. The van der Waals surface area contributed by atoms with E-state index in [1.807, 2.05) is 0 Å². The van der Waals surface area contributed by atoms with E-state index in [0.717, 1.165) is 0 Å². The number of halogens is 1. The Morgan fingerprint density at radius 1 is 1.45 bits per heavy atom. The van der Waals surface area contributed by atoms with Crippen LogP contribution in [0.3, 0.4) is 0 Å². The first-order chi connectivity index (χ1) is 10.4. The number of aliphatic hydroxyl groups excluding tert-OH is 3. The maximum Gasteiger partial charge on any atom is 0.312 e. The minimum absolute atomic E-state index is 0.0334. The average molecular weight is 313 g/mol. The Hall–Kier alpha value is -1.88. The van der Waals surface area contributed by atoms with Crippen molar-refractivity contribution in [3.63, 3.8) is 0 Å². The number of imidazole rings is 1. The topological polar surface area (TPSA) is 140 Å². The number of nitrogens with two attached hydrogens (primary N) is 1. The molecule has 3 rings (SSSR count). The van der Waals surface area contributed by atoms with Crippen molar-refractivity contribution in [2.75, 3.05) is 12.3 Å². The van der Waals surface area contributed by atoms with Gasteiger partial charge in [-0.25, -0.2) is 4.98 Å². The van der Waals surface area contributed by atoms with Crippen molar-refractivity contribution in [3.8, 4) is 0 Å². The van der Waals surface area contributed by atoms with Gasteiger partial charge in [0, 0.05) is 0 Å². The Balaban J connectivity index is 2.09. The zero-order chi connectivity index (χ0) is 16.1. The number of nitrogen functional groups attached to an aromatic ring is 1. The van der Waals surface area contributed by atoms with Gasteiger partial charge in [0.25, 0.3) is 0 Å². The van der Waals surface area contributed by atoms with Gasteiger partial charge < -0.3 is 25.8 Å². The number of aliphatic hydroxyl groups is 3. The molecule has 22 heavy (non-hydrogen) atoms. The summed E-state index contributed by atoms with van der Waals surface area (Å²) in [5, 5.41) is 29.9. The molecule has 0 spiro atoms. The number of hydrogen-bond donors (Lipinski definition) is 4. The Bertz CT molecular complexity index is 704. The minimum atomic E-state index is -1.34. The highest BCUT2D eigenvalue weighted by atomic mass is 19.1. The molecule has 10 heteroatoms. The third kappa shape index (κ3) is 1.96. The summed E-state index contributed by atoms with van der Waals surface area (Å²) in [6.07, 6.45) is -3.24. The first-order valence-electron chi connectivity index (χ1n) is 6.74. The van der Waals surface area contributed by atoms with Gasteiger partial charge in [-0.05, 0) is 6.42 Å². The van der Waals surface area contributed by atoms with Crippen LogP contribution in [0.5, 0.6) is 0 Å². The van der Waals surface area contributed by atoms with Crippen molar-refractivity contribution in [2.45, 2.75) is 37.4 Å². The third-order valence-electron chi connectivity index (χ3n) is 4.07. The molecule has 1 aliphatic rings. The lowest BCUT2D eigenvalue weighted by atomic mass is 9.93. The van der Waals surface area contributed by atoms with Gasteiger partial charge in [0.2, 0.25) is 0 Å². The van der Waals surface area contributed by atoms with E-state index in [1.165, 1.54) is 10.9 Å². The molecule has 0 bridgehead atoms. The molecule has 0 aromatic carbocycles. The molecular formula is C12H16FN5O4. The van der Waals surface area contributed by atoms with Crippen LogP contribution in [0.2, 0.25) is 0 Å². The second-order valence-electron chi connectivity index (χ2n) is 5.22. The summed E-state index contributed by atoms with van der Waals surface area (Å²) in [5.74, 6) is -0.141. The smallest absolute Gasteiger partial charge is 0.312 e. The summed E-state index contributed by atoms with van der Waals surface area (Å²) in [6.45, 7) is 1.23. The van der Waals surface area contributed by atoms with Crippen molar-refractivity contribution in [2.24, 2.45) is 0 Å². The fourth-order valence-corrected chi connectivity index (χ4v) is 2.70. The molecule has 5 N–H and O–H groups in total. The molecule has 3 heterocycles. The lowest BCUT2D eigenvalue weighted by molar-refractivity contribution is -0.129. The van der Waals surface area contributed by atoms with Gasteiger partial charge >= 0.3 is 6.08 Å². The number of rotatable bonds is 3. The van der Waals surface area contributed by atoms with Crippen LogP contribution in [-0.4, -0.2) is 59.3 Å². The molecule has 4 atom stereocenters. The maximum absolute atomic E-state index is 13.4. The molecule has 0 unspecified atom stereocenters. The Kier molecular flexibility index (Phi) is 3.48. The Morgan fingerprint density at radius 3 is 2.77 bits per heavy atom. The second kappa shape index (κ2) is 5.09. The number of nitrogens with zero attached hydrogens (tertiary/aromatic N) is 4. The molecule has 2 aromatic rings. The number of fused-ring (bicyclic) bond motifs is 1. The number of hydrogen-bond acceptors (Lipinski definition) is 8. The van der Waals surface area contributed by atoms with Crippen LogP contribution in [-0.2, 0) is 4.74 Å². The van der Waals surface area contributed by atoms with Gasteiger partial charge in [0.05, 0.1) is 12.9 Å². The van der Waals surface area contributed by atoms with Crippen molar-refractivity contribution in [1.82, 2.24) is 19.5 Å². The maximum atomic E-state index is 13.4. The van der Waals surface area contributed by atoms with Crippen molar-refractivity contribution < 1.29 is 24.4 Å². The summed E-state index contributed by atoms with van der Waals surface area (Å²) in [7, 11) is 0. The van der Waals surface area contributed by atoms with Crippen molar-refractivity contribution >= 4 is 17.0 Å². The fourth-order valence-electron chi connectivity index (χ4n) is 2.70. The first-order valence-corrected chi connectivity index (χ1v) is 6.74. The highest BCUT2D eigenvalue weighted by Gasteiger charge is 2.53. The van der Waals surface area contributed by atoms with E-state index in [0.29, 0.717) is 0 Å². The van der Waals surface area contributed by atoms with Crippen LogP contribution in [0.25, 0.3) is 11.2 Å². The molecule has 0 saturated carbocycles. The highest BCUT2D eigenvalue weighted by molar-refractivity contribution is 5.81. The van der Waals surface area contributed by atoms with Gasteiger partial charge in [-0.3, -0.25) is 4.57 Å². The summed E-state index contributed by atoms with van der Waals surface area (Å²) >= 11 is 0. The molecule has 0 aliphatic carbocycles. The van der Waals surface area contributed by atoms with E-state index in [9.17, 15) is 19.7 Å². The monoisotopic (exact) mass is 313 g/mol. The lowest BCUT2D eigenvalue weighted by Gasteiger charge is -2.28. The number of ether oxygens (including phenoxy) is 1. The normalized spacial score (nSPS) is 32.0. The molecule has 9 nitrogen and oxygen atoms in total. The van der Waals surface area contributed by atoms with Crippen LogP contribution in [0.15, 0.2) is 6.33 Å². The molecule has 0 amide bonds. The summed E-state index contributed by atoms with van der Waals surface area (Å²) < 4.78 is 20.3. The molecule has 1 saturated heterocycles. The SMILES string of the molecule is CC[C@]1(CO)O[C@@H](n2cnc3c(N)nc(F)nc32)[C@H](O)[C@@H]1O. The first kappa shape index (κ1) is 15.0. The molecule has 120 valence electrons. The molecule has 0 radical (unpaired) electrons. The van der Waals surface area contributed by atoms with E-state index in [-0.39, 0.29) is 23.4 Å². The van der Waals surface area contributed by atoms with E-state index in [1.54, 1.807) is 6.92 Å². The standard InChI is InChI=1S/C12H16FN5O4/c1-2-12(3-19)7(21)6(20)10(22-12)18-4-15-5-8(14)16-11(13)17-9(5)18/h4,6-7,10,19-21H,2-3H2,1H3,(H2,14,16,17)/t6-,7+,10-,12-/m1/s1. The fraction of sp³-hybridized carbons (Fsp3) is 0.583. The molecule has 1 fully saturated rings. The van der Waals surface area contributed by atoms with E-state index in [4.69, 9.17) is 10.5 Å². The second-order valence-corrected chi connectivity index (χ2v) is 5.22. The van der Waals surface area contributed by atoms with E-state index >= 15 is 0 Å². The number of anilines is 1. The van der Waals surface area contributed by atoms with Crippen molar-refractivity contribution in [1.29, 1.82) is 0 Å². The van der Waals surface area contributed by atoms with E-state index in [2.05, 4.69) is 15.0 Å². The minimum Gasteiger partial charge on any atom is -0.393 e. The Morgan fingerprint density at radius 2 is 2.18 bits per heavy atom. The third-order valence-corrected chi connectivity index (χ3v) is 4.07. The van der Waals surface area contributed by atoms with Crippen LogP contribution < -0.4 is 5.73 Å². The largest absolute Gasteiger partial charge is 0.393 e. The summed E-state index contributed by atoms with van der Waals surface area (Å²) in [6, 6.07) is 0. The van der Waals surface area contributed by atoms with Gasteiger partial charge in [-0.15, -0.1) is 0 Å². The van der Waals surface area contributed by atoms with Gasteiger partial charge in [-0.1, -0.05) is 6.92 Å². The van der Waals surface area contributed by atoms with Crippen LogP contribution >= 0.6 is 0 Å². The highest BCUT2D eigenvalue weighted by Crippen LogP contribution is 2.40. The van der Waals surface area contributed by atoms with Crippen LogP contribution in [0.4, 0.5) is 10.2 Å². The van der Waals surface area contributed by atoms with Gasteiger partial charge in [0.15, 0.2) is 23.2 Å². The zero-order valence-electron chi connectivity index (χ0n) is 11.7. The Labute approximate surface area is 124 Å². The lowest BCUT2D eigenvalue weighted by Crippen LogP contribution is -2.45. The van der Waals surface area contributed by atoms with E-state index < -0.39 is 36.7 Å². The predicted molar refractivity (Wildman–Crippen MR) is 71.9 cm³/mol. The van der Waals surface area contributed by atoms with Gasteiger partial charge in [0.1, 0.15) is 17.8 Å². The quantitative estimate of drug-likeness (QED) is 0.526. The number of aromatic nitrogens is 4. The average Bonchev–Trinajstić information content (AvgIpc) is 3.01. The van der Waals surface area contributed by atoms with Gasteiger partial charge in [-0.2, -0.15) is 14.4 Å². The molecule has 1 aliphatic heterocycles. The predicted octanol–water partition coefficient (Wildman–Crippen LogP) is -1.06. The summed E-state index contributed by atoms with van der Waals surface area (Å²) in [4.78, 5) is 10.9.